The van der Waals surface area contributed by atoms with E-state index in [0.717, 1.165) is 19.1 Å². The van der Waals surface area contributed by atoms with Gasteiger partial charge in [0.1, 0.15) is 6.29 Å². The molecule has 0 N–H and O–H groups in total. The highest BCUT2D eigenvalue weighted by Gasteiger charge is 1.96. The van der Waals surface area contributed by atoms with Crippen LogP contribution in [-0.4, -0.2) is 26.7 Å². The van der Waals surface area contributed by atoms with Crippen molar-refractivity contribution in [2.24, 2.45) is 0 Å². The number of rotatable bonds is 5. The van der Waals surface area contributed by atoms with Crippen LogP contribution in [0.15, 0.2) is 30.3 Å². The average molecular weight is 173 g/mol. The summed E-state index contributed by atoms with van der Waals surface area (Å²) in [5.74, 6) is 0. The van der Waals surface area contributed by atoms with E-state index in [-0.39, 0.29) is 20.4 Å². The summed E-state index contributed by atoms with van der Waals surface area (Å²) >= 11 is -0.0906. The summed E-state index contributed by atoms with van der Waals surface area (Å²) in [4.78, 5) is 10.0. The molecule has 1 rings (SSSR count). The Balaban J connectivity index is 2.20. The molecule has 0 spiro atoms. The zero-order valence-electron chi connectivity index (χ0n) is 7.20. The first-order chi connectivity index (χ1) is 5.93. The number of hydrogen-bond donors (Lipinski definition) is 0. The second-order valence-corrected chi connectivity index (χ2v) is 4.92. The highest BCUT2D eigenvalue weighted by atomic mass is 24.5. The van der Waals surface area contributed by atoms with Gasteiger partial charge in [0.2, 0.25) is 0 Å². The fraction of sp³-hybridized carbons (Fsp3) is 0.300. The van der Waals surface area contributed by atoms with Crippen molar-refractivity contribution in [3.05, 3.63) is 30.3 Å². The van der Waals surface area contributed by atoms with Gasteiger partial charge in [-0.2, -0.15) is 3.69 Å². The van der Waals surface area contributed by atoms with E-state index >= 15 is 0 Å². The third-order valence-corrected chi connectivity index (χ3v) is 3.78. The van der Waals surface area contributed by atoms with Gasteiger partial charge in [-0.15, -0.1) is 4.55 Å². The molecule has 12 heavy (non-hydrogen) atoms. The average Bonchev–Trinajstić information content (AvgIpc) is 2.14. The third-order valence-electron chi connectivity index (χ3n) is 1.88. The minimum Gasteiger partial charge on any atom is -0.303 e. The van der Waals surface area contributed by atoms with Gasteiger partial charge in [0.25, 0.3) is 0 Å². The molecule has 0 aliphatic heterocycles. The van der Waals surface area contributed by atoms with E-state index < -0.39 is 0 Å². The van der Waals surface area contributed by atoms with Gasteiger partial charge in [-0.1, -0.05) is 36.8 Å². The summed E-state index contributed by atoms with van der Waals surface area (Å²) in [5, 5.41) is 0. The van der Waals surface area contributed by atoms with Crippen LogP contribution in [0.5, 0.6) is 0 Å². The van der Waals surface area contributed by atoms with Crippen molar-refractivity contribution in [2.75, 3.05) is 0 Å². The number of benzene rings is 1. The van der Waals surface area contributed by atoms with Crippen LogP contribution in [0.25, 0.3) is 0 Å². The van der Waals surface area contributed by atoms with Gasteiger partial charge in [0.15, 0.2) is 0 Å². The summed E-state index contributed by atoms with van der Waals surface area (Å²) in [6.45, 7) is 0. The molecular weight excluding hydrogens is 160 g/mol. The highest BCUT2D eigenvalue weighted by molar-refractivity contribution is 6.53. The zero-order valence-corrected chi connectivity index (χ0v) is 8.61. The van der Waals surface area contributed by atoms with E-state index in [4.69, 9.17) is 0 Å². The molecule has 0 atom stereocenters. The van der Waals surface area contributed by atoms with Gasteiger partial charge in [-0.05, 0) is 0 Å². The van der Waals surface area contributed by atoms with Crippen LogP contribution < -0.4 is 3.69 Å². The van der Waals surface area contributed by atoms with E-state index in [2.05, 4.69) is 24.3 Å². The molecule has 0 aromatic heterocycles. The number of aldehydes is 1. The Labute approximate surface area is 82.9 Å². The van der Waals surface area contributed by atoms with Crippen molar-refractivity contribution >= 4 is 30.3 Å². The Morgan fingerprint density at radius 1 is 1.25 bits per heavy atom. The first-order valence-electron chi connectivity index (χ1n) is 4.41. The molecule has 0 saturated carbocycles. The van der Waals surface area contributed by atoms with Crippen molar-refractivity contribution < 1.29 is 4.79 Å². The van der Waals surface area contributed by atoms with E-state index in [1.807, 2.05) is 6.07 Å². The number of carbonyl (C=O) groups excluding carboxylic acids is 1. The fourth-order valence-corrected chi connectivity index (χ4v) is 2.75. The molecule has 1 aromatic rings. The first-order valence-corrected chi connectivity index (χ1v) is 6.12. The van der Waals surface area contributed by atoms with Crippen LogP contribution >= 0.6 is 0 Å². The molecule has 0 bridgehead atoms. The SMILES string of the molecule is O=CCC[CH2][Mg][c]1ccccc1. The van der Waals surface area contributed by atoms with Gasteiger partial charge in [0.05, 0.1) is 0 Å². The monoisotopic (exact) mass is 172 g/mol. The summed E-state index contributed by atoms with van der Waals surface area (Å²) in [7, 11) is 0. The Kier molecular flexibility index (Phi) is 5.04. The summed E-state index contributed by atoms with van der Waals surface area (Å²) < 4.78 is 2.76. The number of carbonyl (C=O) groups is 1. The third kappa shape index (κ3) is 3.88. The van der Waals surface area contributed by atoms with Crippen molar-refractivity contribution in [3.63, 3.8) is 0 Å². The molecule has 0 saturated heterocycles. The summed E-state index contributed by atoms with van der Waals surface area (Å²) in [6, 6.07) is 10.6. The van der Waals surface area contributed by atoms with Crippen molar-refractivity contribution in [1.82, 2.24) is 0 Å². The Morgan fingerprint density at radius 3 is 2.67 bits per heavy atom. The maximum atomic E-state index is 10.0. The lowest BCUT2D eigenvalue weighted by atomic mass is 10.4. The van der Waals surface area contributed by atoms with Crippen LogP contribution in [0.3, 0.4) is 0 Å². The molecule has 2 heteroatoms. The molecule has 0 radical (unpaired) electrons. The van der Waals surface area contributed by atoms with Gasteiger partial charge < -0.3 is 4.79 Å². The molecule has 0 aliphatic rings. The molecule has 0 unspecified atom stereocenters. The summed E-state index contributed by atoms with van der Waals surface area (Å²) in [6.07, 6.45) is 2.82. The van der Waals surface area contributed by atoms with E-state index in [0.29, 0.717) is 0 Å². The standard InChI is InChI=1S/C6H5.C4H7O.Mg/c1-2-4-6-5-3-1;1-2-3-4-5;/h1-5H;4H,1-3H2;. The van der Waals surface area contributed by atoms with Crippen LogP contribution in [0.1, 0.15) is 12.8 Å². The van der Waals surface area contributed by atoms with Crippen LogP contribution in [-0.2, 0) is 4.79 Å². The minimum absolute atomic E-state index is 0.0906. The second kappa shape index (κ2) is 6.20. The molecule has 0 heterocycles. The lowest BCUT2D eigenvalue weighted by Gasteiger charge is -1.95. The molecule has 1 aromatic carbocycles. The molecular formula is C10H12MgO. The van der Waals surface area contributed by atoms with Gasteiger partial charge in [-0.3, -0.25) is 0 Å². The number of hydrogen-bond acceptors (Lipinski definition) is 1. The second-order valence-electron chi connectivity index (χ2n) is 2.90. The van der Waals surface area contributed by atoms with Crippen molar-refractivity contribution in [1.29, 1.82) is 0 Å². The van der Waals surface area contributed by atoms with E-state index in [9.17, 15) is 4.79 Å². The molecule has 0 fully saturated rings. The van der Waals surface area contributed by atoms with Gasteiger partial charge in [0, 0.05) is 6.42 Å². The topological polar surface area (TPSA) is 17.1 Å². The van der Waals surface area contributed by atoms with Gasteiger partial charge in [-0.25, -0.2) is 0 Å². The highest BCUT2D eigenvalue weighted by Crippen LogP contribution is 1.92. The Morgan fingerprint density at radius 2 is 2.00 bits per heavy atom. The zero-order chi connectivity index (χ0) is 8.65. The lowest BCUT2D eigenvalue weighted by Crippen LogP contribution is -2.12. The first kappa shape index (κ1) is 9.74. The minimum atomic E-state index is -0.0906. The smallest absolute Gasteiger partial charge is 0.303 e. The lowest BCUT2D eigenvalue weighted by molar-refractivity contribution is -0.107. The predicted molar refractivity (Wildman–Crippen MR) is 51.9 cm³/mol. The maximum absolute atomic E-state index is 10.0. The van der Waals surface area contributed by atoms with E-state index in [1.54, 1.807) is 0 Å². The largest absolute Gasteiger partial charge is 0.408 e. The van der Waals surface area contributed by atoms with Crippen LogP contribution in [0, 0.1) is 0 Å². The normalized spacial score (nSPS) is 9.00. The van der Waals surface area contributed by atoms with Crippen molar-refractivity contribution in [2.45, 2.75) is 17.4 Å². The van der Waals surface area contributed by atoms with Crippen molar-refractivity contribution in [3.8, 4) is 0 Å². The summed E-state index contributed by atoms with van der Waals surface area (Å²) in [5.41, 5.74) is 0. The molecule has 60 valence electrons. The Bertz CT molecular complexity index is 221. The quantitative estimate of drug-likeness (QED) is 0.373. The molecule has 0 amide bonds. The predicted octanol–water partition coefficient (Wildman–Crippen LogP) is 1.41. The van der Waals surface area contributed by atoms with Gasteiger partial charge >= 0.3 is 20.4 Å². The van der Waals surface area contributed by atoms with Crippen LogP contribution in [0.2, 0.25) is 4.55 Å². The van der Waals surface area contributed by atoms with Crippen LogP contribution in [0.4, 0.5) is 0 Å². The molecule has 1 nitrogen and oxygen atoms in total. The maximum Gasteiger partial charge on any atom is 0.408 e. The Hall–Kier alpha value is -0.344. The molecule has 0 aliphatic carbocycles. The fourth-order valence-electron chi connectivity index (χ4n) is 1.20. The number of unbranched alkanes of at least 4 members (excludes halogenated alkanes) is 1. The van der Waals surface area contributed by atoms with E-state index in [1.165, 1.54) is 8.24 Å².